The summed E-state index contributed by atoms with van der Waals surface area (Å²) >= 11 is 0. The maximum Gasteiger partial charge on any atom is 0.573 e. The predicted molar refractivity (Wildman–Crippen MR) is 74.2 cm³/mol. The molecule has 0 fully saturated rings. The van der Waals surface area contributed by atoms with Gasteiger partial charge in [0.05, 0.1) is 0 Å². The average Bonchev–Trinajstić information content (AvgIpc) is 2.79. The molecule has 0 atom stereocenters. The molecule has 2 aromatic rings. The van der Waals surface area contributed by atoms with E-state index in [0.29, 0.717) is 5.39 Å². The Morgan fingerprint density at radius 1 is 1.22 bits per heavy atom. The lowest BCUT2D eigenvalue weighted by atomic mass is 10.1. The number of aromatic amines is 1. The summed E-state index contributed by atoms with van der Waals surface area (Å²) in [5.74, 6) is -2.33. The van der Waals surface area contributed by atoms with E-state index >= 15 is 0 Å². The zero-order valence-electron chi connectivity index (χ0n) is 12.1. The quantitative estimate of drug-likeness (QED) is 0.804. The molecule has 0 aliphatic rings. The van der Waals surface area contributed by atoms with Crippen LogP contribution in [-0.2, 0) is 4.79 Å². The van der Waals surface area contributed by atoms with Gasteiger partial charge < -0.3 is 20.1 Å². The van der Waals surface area contributed by atoms with Crippen LogP contribution in [0.2, 0.25) is 0 Å². The number of nitrogens with one attached hydrogen (secondary N) is 2. The third kappa shape index (κ3) is 3.93. The Labute approximate surface area is 128 Å². The number of H-pyrrole nitrogens is 1. The Hall–Kier alpha value is -2.71. The smallest absolute Gasteiger partial charge is 0.480 e. The molecule has 1 heterocycles. The lowest BCUT2D eigenvalue weighted by Gasteiger charge is -2.20. The number of amides is 1. The van der Waals surface area contributed by atoms with Crippen LogP contribution in [0.25, 0.3) is 10.9 Å². The first-order valence-electron chi connectivity index (χ1n) is 6.42. The van der Waals surface area contributed by atoms with Crippen molar-refractivity contribution in [3.8, 4) is 5.75 Å². The maximum absolute atomic E-state index is 12.2. The van der Waals surface area contributed by atoms with E-state index in [2.05, 4.69) is 15.0 Å². The Bertz CT molecular complexity index is 765. The van der Waals surface area contributed by atoms with Crippen molar-refractivity contribution < 1.29 is 32.6 Å². The molecule has 6 nitrogen and oxygen atoms in total. The number of benzene rings is 1. The highest BCUT2D eigenvalue weighted by Gasteiger charge is 2.31. The van der Waals surface area contributed by atoms with Crippen LogP contribution in [0.15, 0.2) is 24.3 Å². The van der Waals surface area contributed by atoms with Gasteiger partial charge in [-0.05, 0) is 32.0 Å². The fraction of sp³-hybridized carbons (Fsp3) is 0.286. The molecule has 1 aromatic heterocycles. The van der Waals surface area contributed by atoms with E-state index < -0.39 is 29.5 Å². The molecule has 9 heteroatoms. The van der Waals surface area contributed by atoms with Gasteiger partial charge in [-0.3, -0.25) is 4.79 Å². The number of aliphatic carboxylic acids is 1. The number of carbonyl (C=O) groups is 2. The number of fused-ring (bicyclic) bond motifs is 1. The van der Waals surface area contributed by atoms with Crippen LogP contribution in [0.5, 0.6) is 5.75 Å². The first-order valence-corrected chi connectivity index (χ1v) is 6.42. The minimum absolute atomic E-state index is 0.0264. The van der Waals surface area contributed by atoms with Gasteiger partial charge >= 0.3 is 12.3 Å². The minimum Gasteiger partial charge on any atom is -0.480 e. The van der Waals surface area contributed by atoms with Crippen LogP contribution >= 0.6 is 0 Å². The van der Waals surface area contributed by atoms with Crippen LogP contribution in [0.1, 0.15) is 24.3 Å². The van der Waals surface area contributed by atoms with E-state index in [-0.39, 0.29) is 11.2 Å². The number of ether oxygens (including phenoxy) is 1. The van der Waals surface area contributed by atoms with Crippen molar-refractivity contribution in [3.05, 3.63) is 30.0 Å². The molecule has 0 saturated carbocycles. The third-order valence-corrected chi connectivity index (χ3v) is 3.03. The van der Waals surface area contributed by atoms with Gasteiger partial charge in [0, 0.05) is 17.0 Å². The van der Waals surface area contributed by atoms with Crippen molar-refractivity contribution in [1.82, 2.24) is 10.3 Å². The zero-order valence-corrected chi connectivity index (χ0v) is 12.1. The van der Waals surface area contributed by atoms with Gasteiger partial charge in [-0.2, -0.15) is 0 Å². The summed E-state index contributed by atoms with van der Waals surface area (Å²) in [6.45, 7) is 2.62. The number of carboxylic acid groups (broad SMARTS) is 1. The van der Waals surface area contributed by atoms with E-state index in [9.17, 15) is 22.8 Å². The van der Waals surface area contributed by atoms with Crippen LogP contribution in [0, 0.1) is 0 Å². The second kappa shape index (κ2) is 5.49. The molecule has 0 aliphatic carbocycles. The molecular weight excluding hydrogens is 317 g/mol. The van der Waals surface area contributed by atoms with Crippen LogP contribution in [-0.4, -0.2) is 33.9 Å². The fourth-order valence-corrected chi connectivity index (χ4v) is 1.83. The molecule has 1 aromatic carbocycles. The summed E-state index contributed by atoms with van der Waals surface area (Å²) < 4.78 is 40.3. The van der Waals surface area contributed by atoms with Crippen LogP contribution in [0.4, 0.5) is 13.2 Å². The number of hydrogen-bond donors (Lipinski definition) is 3. The Kier molecular flexibility index (Phi) is 3.97. The highest BCUT2D eigenvalue weighted by atomic mass is 19.4. The topological polar surface area (TPSA) is 91.4 Å². The van der Waals surface area contributed by atoms with Gasteiger partial charge in [0.2, 0.25) is 0 Å². The SMILES string of the molecule is CC(C)(NC(=O)c1cc2ccc(OC(F)(F)F)cc2[nH]1)C(=O)O. The first kappa shape index (κ1) is 16.7. The molecule has 0 aliphatic heterocycles. The highest BCUT2D eigenvalue weighted by Crippen LogP contribution is 2.26. The maximum atomic E-state index is 12.2. The van der Waals surface area contributed by atoms with Crippen molar-refractivity contribution in [1.29, 1.82) is 0 Å². The number of alkyl halides is 3. The van der Waals surface area contributed by atoms with Crippen molar-refractivity contribution in [3.63, 3.8) is 0 Å². The summed E-state index contributed by atoms with van der Waals surface area (Å²) in [6, 6.07) is 4.97. The number of carboxylic acids is 1. The van der Waals surface area contributed by atoms with Crippen molar-refractivity contribution >= 4 is 22.8 Å². The molecule has 0 unspecified atom stereocenters. The van der Waals surface area contributed by atoms with E-state index in [1.54, 1.807) is 0 Å². The molecule has 3 N–H and O–H groups in total. The monoisotopic (exact) mass is 330 g/mol. The average molecular weight is 330 g/mol. The zero-order chi connectivity index (χ0) is 17.4. The normalized spacial score (nSPS) is 12.2. The number of carbonyl (C=O) groups excluding carboxylic acids is 1. The van der Waals surface area contributed by atoms with Gasteiger partial charge in [0.25, 0.3) is 5.91 Å². The summed E-state index contributed by atoms with van der Waals surface area (Å²) in [7, 11) is 0. The Morgan fingerprint density at radius 3 is 2.43 bits per heavy atom. The van der Waals surface area contributed by atoms with Gasteiger partial charge in [0.15, 0.2) is 0 Å². The van der Waals surface area contributed by atoms with Crippen LogP contribution in [0.3, 0.4) is 0 Å². The predicted octanol–water partition coefficient (Wildman–Crippen LogP) is 2.66. The highest BCUT2D eigenvalue weighted by molar-refractivity contribution is 6.00. The Morgan fingerprint density at radius 2 is 1.87 bits per heavy atom. The number of halogens is 3. The lowest BCUT2D eigenvalue weighted by molar-refractivity contribution is -0.274. The molecule has 0 bridgehead atoms. The van der Waals surface area contributed by atoms with E-state index in [1.165, 1.54) is 26.0 Å². The second-order valence-corrected chi connectivity index (χ2v) is 5.36. The fourth-order valence-electron chi connectivity index (χ4n) is 1.83. The summed E-state index contributed by atoms with van der Waals surface area (Å²) in [4.78, 5) is 25.7. The molecule has 124 valence electrons. The summed E-state index contributed by atoms with van der Waals surface area (Å²) in [5, 5.41) is 11.8. The molecule has 0 radical (unpaired) electrons. The first-order chi connectivity index (χ1) is 10.5. The van der Waals surface area contributed by atoms with Gasteiger partial charge in [-0.15, -0.1) is 13.2 Å². The van der Waals surface area contributed by atoms with E-state index in [4.69, 9.17) is 5.11 Å². The number of aromatic nitrogens is 1. The van der Waals surface area contributed by atoms with Gasteiger partial charge in [-0.25, -0.2) is 4.79 Å². The molecule has 23 heavy (non-hydrogen) atoms. The molecule has 1 amide bonds. The molecule has 0 saturated heterocycles. The molecular formula is C14H13F3N2O4. The largest absolute Gasteiger partial charge is 0.573 e. The van der Waals surface area contributed by atoms with E-state index in [0.717, 1.165) is 12.1 Å². The molecule has 2 rings (SSSR count). The standard InChI is InChI=1S/C14H13F3N2O4/c1-13(2,12(21)22)19-11(20)10-5-7-3-4-8(6-9(7)18-10)23-14(15,16)17/h3-6,18H,1-2H3,(H,19,20)(H,21,22). The summed E-state index contributed by atoms with van der Waals surface area (Å²) in [5.41, 5.74) is -1.21. The van der Waals surface area contributed by atoms with E-state index in [1.807, 2.05) is 0 Å². The number of rotatable bonds is 4. The third-order valence-electron chi connectivity index (χ3n) is 3.03. The van der Waals surface area contributed by atoms with Gasteiger partial charge in [-0.1, -0.05) is 0 Å². The minimum atomic E-state index is -4.81. The second-order valence-electron chi connectivity index (χ2n) is 5.36. The summed E-state index contributed by atoms with van der Waals surface area (Å²) in [6.07, 6.45) is -4.81. The van der Waals surface area contributed by atoms with Gasteiger partial charge in [0.1, 0.15) is 17.0 Å². The van der Waals surface area contributed by atoms with Crippen molar-refractivity contribution in [2.75, 3.05) is 0 Å². The van der Waals surface area contributed by atoms with Crippen molar-refractivity contribution in [2.24, 2.45) is 0 Å². The Balaban J connectivity index is 2.26. The van der Waals surface area contributed by atoms with Crippen molar-refractivity contribution in [2.45, 2.75) is 25.7 Å². The number of hydrogen-bond acceptors (Lipinski definition) is 3. The lowest BCUT2D eigenvalue weighted by Crippen LogP contribution is -2.49. The van der Waals surface area contributed by atoms with Crippen LogP contribution < -0.4 is 10.1 Å². The molecule has 0 spiro atoms.